The lowest BCUT2D eigenvalue weighted by Gasteiger charge is -2.37. The fourth-order valence-corrected chi connectivity index (χ4v) is 2.77. The SMILES string of the molecule is CCC(C)(CC)C1=CCC(C(C)(CC)CC)N=C1. The Balaban J connectivity index is 2.82. The fraction of sp³-hybridized carbons (Fsp3) is 0.824. The van der Waals surface area contributed by atoms with Gasteiger partial charge in [0.1, 0.15) is 0 Å². The second kappa shape index (κ2) is 6.04. The van der Waals surface area contributed by atoms with Crippen LogP contribution < -0.4 is 0 Å². The Morgan fingerprint density at radius 3 is 1.94 bits per heavy atom. The number of nitrogens with zero attached hydrogens (tertiary/aromatic N) is 1. The third kappa shape index (κ3) is 2.87. The molecular formula is C17H31N. The Hall–Kier alpha value is -0.590. The molecule has 1 heteroatoms. The first-order valence-electron chi connectivity index (χ1n) is 7.69. The maximum Gasteiger partial charge on any atom is 0.0587 e. The van der Waals surface area contributed by atoms with E-state index in [9.17, 15) is 0 Å². The summed E-state index contributed by atoms with van der Waals surface area (Å²) >= 11 is 0. The number of hydrogen-bond donors (Lipinski definition) is 0. The van der Waals surface area contributed by atoms with E-state index < -0.39 is 0 Å². The van der Waals surface area contributed by atoms with Crippen molar-refractivity contribution in [2.75, 3.05) is 0 Å². The molecule has 1 unspecified atom stereocenters. The Morgan fingerprint density at radius 1 is 1.06 bits per heavy atom. The molecule has 0 N–H and O–H groups in total. The van der Waals surface area contributed by atoms with Crippen LogP contribution in [0, 0.1) is 10.8 Å². The quantitative estimate of drug-likeness (QED) is 0.597. The van der Waals surface area contributed by atoms with Crippen molar-refractivity contribution in [3.63, 3.8) is 0 Å². The van der Waals surface area contributed by atoms with Gasteiger partial charge in [-0.05, 0) is 48.5 Å². The van der Waals surface area contributed by atoms with Crippen molar-refractivity contribution in [2.24, 2.45) is 15.8 Å². The summed E-state index contributed by atoms with van der Waals surface area (Å²) in [6.45, 7) is 13.9. The van der Waals surface area contributed by atoms with Crippen LogP contribution in [0.4, 0.5) is 0 Å². The summed E-state index contributed by atoms with van der Waals surface area (Å²) in [6.07, 6.45) is 10.6. The Bertz CT molecular complexity index is 317. The van der Waals surface area contributed by atoms with E-state index in [1.54, 1.807) is 0 Å². The molecule has 104 valence electrons. The lowest BCUT2D eigenvalue weighted by Crippen LogP contribution is -2.32. The smallest absolute Gasteiger partial charge is 0.0587 e. The summed E-state index contributed by atoms with van der Waals surface area (Å²) in [7, 11) is 0. The van der Waals surface area contributed by atoms with E-state index in [2.05, 4.69) is 53.8 Å². The average Bonchev–Trinajstić information content (AvgIpc) is 2.45. The molecule has 0 fully saturated rings. The van der Waals surface area contributed by atoms with Crippen LogP contribution >= 0.6 is 0 Å². The number of rotatable bonds is 6. The standard InChI is InChI=1S/C17H31N/c1-7-16(5,8-2)14-11-12-15(18-13-14)17(6,9-3)10-4/h11,13,15H,7-10,12H2,1-6H3. The highest BCUT2D eigenvalue weighted by molar-refractivity contribution is 5.81. The largest absolute Gasteiger partial charge is 0.289 e. The minimum atomic E-state index is 0.323. The number of allylic oxidation sites excluding steroid dienone is 1. The Kier molecular flexibility index (Phi) is 5.19. The molecule has 0 aliphatic carbocycles. The molecule has 0 saturated heterocycles. The summed E-state index contributed by atoms with van der Waals surface area (Å²) < 4.78 is 0. The molecule has 0 spiro atoms. The predicted octanol–water partition coefficient (Wildman–Crippen LogP) is 5.41. The van der Waals surface area contributed by atoms with Crippen LogP contribution in [-0.2, 0) is 0 Å². The van der Waals surface area contributed by atoms with Crippen molar-refractivity contribution in [3.05, 3.63) is 11.6 Å². The van der Waals surface area contributed by atoms with Crippen molar-refractivity contribution in [2.45, 2.75) is 79.7 Å². The van der Waals surface area contributed by atoms with Gasteiger partial charge in [0.25, 0.3) is 0 Å². The van der Waals surface area contributed by atoms with Gasteiger partial charge in [0.15, 0.2) is 0 Å². The van der Waals surface area contributed by atoms with E-state index in [-0.39, 0.29) is 0 Å². The molecule has 0 saturated carbocycles. The summed E-state index contributed by atoms with van der Waals surface area (Å²) in [5.74, 6) is 0. The molecule has 1 nitrogen and oxygen atoms in total. The first-order chi connectivity index (χ1) is 8.45. The minimum absolute atomic E-state index is 0.323. The molecule has 1 atom stereocenters. The lowest BCUT2D eigenvalue weighted by atomic mass is 9.72. The van der Waals surface area contributed by atoms with Gasteiger partial charge in [-0.3, -0.25) is 4.99 Å². The Labute approximate surface area is 114 Å². The zero-order chi connectivity index (χ0) is 13.8. The van der Waals surface area contributed by atoms with E-state index in [4.69, 9.17) is 4.99 Å². The molecule has 18 heavy (non-hydrogen) atoms. The van der Waals surface area contributed by atoms with E-state index in [1.165, 1.54) is 31.3 Å². The van der Waals surface area contributed by atoms with Gasteiger partial charge in [0, 0.05) is 6.21 Å². The molecule has 1 heterocycles. The van der Waals surface area contributed by atoms with Gasteiger partial charge in [-0.25, -0.2) is 0 Å². The number of hydrogen-bond acceptors (Lipinski definition) is 1. The highest BCUT2D eigenvalue weighted by Crippen LogP contribution is 2.39. The zero-order valence-corrected chi connectivity index (χ0v) is 13.2. The molecule has 0 bridgehead atoms. The van der Waals surface area contributed by atoms with Crippen LogP contribution in [-0.4, -0.2) is 12.3 Å². The second-order valence-corrected chi connectivity index (χ2v) is 6.32. The zero-order valence-electron chi connectivity index (χ0n) is 13.2. The van der Waals surface area contributed by atoms with Gasteiger partial charge in [0.2, 0.25) is 0 Å². The van der Waals surface area contributed by atoms with Crippen molar-refractivity contribution in [3.8, 4) is 0 Å². The highest BCUT2D eigenvalue weighted by atomic mass is 14.8. The van der Waals surface area contributed by atoms with E-state index in [0.717, 1.165) is 6.42 Å². The van der Waals surface area contributed by atoms with Gasteiger partial charge in [-0.1, -0.05) is 47.6 Å². The van der Waals surface area contributed by atoms with Crippen LogP contribution in [0.1, 0.15) is 73.6 Å². The van der Waals surface area contributed by atoms with E-state index >= 15 is 0 Å². The summed E-state index contributed by atoms with van der Waals surface area (Å²) in [6, 6.07) is 0.481. The van der Waals surface area contributed by atoms with E-state index in [0.29, 0.717) is 16.9 Å². The first-order valence-corrected chi connectivity index (χ1v) is 7.69. The first kappa shape index (κ1) is 15.5. The van der Waals surface area contributed by atoms with Crippen molar-refractivity contribution in [1.29, 1.82) is 0 Å². The van der Waals surface area contributed by atoms with Crippen LogP contribution in [0.3, 0.4) is 0 Å². The predicted molar refractivity (Wildman–Crippen MR) is 82.4 cm³/mol. The van der Waals surface area contributed by atoms with Crippen LogP contribution in [0.2, 0.25) is 0 Å². The Morgan fingerprint density at radius 2 is 1.61 bits per heavy atom. The molecular weight excluding hydrogens is 218 g/mol. The average molecular weight is 249 g/mol. The monoisotopic (exact) mass is 249 g/mol. The lowest BCUT2D eigenvalue weighted by molar-refractivity contribution is 0.232. The number of aliphatic imine (C=N–C) groups is 1. The maximum absolute atomic E-state index is 4.89. The van der Waals surface area contributed by atoms with Gasteiger partial charge >= 0.3 is 0 Å². The van der Waals surface area contributed by atoms with E-state index in [1.807, 2.05) is 0 Å². The maximum atomic E-state index is 4.89. The summed E-state index contributed by atoms with van der Waals surface area (Å²) in [4.78, 5) is 4.89. The molecule has 1 aliphatic heterocycles. The normalized spacial score (nSPS) is 21.0. The van der Waals surface area contributed by atoms with Gasteiger partial charge < -0.3 is 0 Å². The van der Waals surface area contributed by atoms with Gasteiger partial charge in [-0.15, -0.1) is 0 Å². The second-order valence-electron chi connectivity index (χ2n) is 6.32. The van der Waals surface area contributed by atoms with Crippen LogP contribution in [0.15, 0.2) is 16.6 Å². The molecule has 1 rings (SSSR count). The molecule has 0 aromatic rings. The number of dihydropyridines is 1. The molecule has 0 aromatic carbocycles. The summed E-state index contributed by atoms with van der Waals surface area (Å²) in [5, 5.41) is 0. The highest BCUT2D eigenvalue weighted by Gasteiger charge is 2.33. The fourth-order valence-electron chi connectivity index (χ4n) is 2.77. The van der Waals surface area contributed by atoms with Crippen LogP contribution in [0.5, 0.6) is 0 Å². The van der Waals surface area contributed by atoms with Gasteiger partial charge in [-0.2, -0.15) is 0 Å². The summed E-state index contributed by atoms with van der Waals surface area (Å²) in [5.41, 5.74) is 2.15. The van der Waals surface area contributed by atoms with Gasteiger partial charge in [0.05, 0.1) is 6.04 Å². The molecule has 0 aromatic heterocycles. The third-order valence-corrected chi connectivity index (χ3v) is 5.63. The molecule has 1 aliphatic rings. The molecule has 0 radical (unpaired) electrons. The van der Waals surface area contributed by atoms with Crippen LogP contribution in [0.25, 0.3) is 0 Å². The van der Waals surface area contributed by atoms with Crippen molar-refractivity contribution >= 4 is 6.21 Å². The van der Waals surface area contributed by atoms with Crippen molar-refractivity contribution < 1.29 is 0 Å². The third-order valence-electron chi connectivity index (χ3n) is 5.63. The minimum Gasteiger partial charge on any atom is -0.289 e. The van der Waals surface area contributed by atoms with Crippen molar-refractivity contribution in [1.82, 2.24) is 0 Å². The topological polar surface area (TPSA) is 12.4 Å². The molecule has 0 amide bonds.